The Morgan fingerprint density at radius 1 is 0.906 bits per heavy atom. The fraction of sp³-hybridized carbons (Fsp3) is 0.167. The lowest BCUT2D eigenvalue weighted by atomic mass is 9.73. The molecule has 0 N–H and O–H groups in total. The zero-order valence-electron chi connectivity index (χ0n) is 18.7. The summed E-state index contributed by atoms with van der Waals surface area (Å²) in [5.41, 5.74) is 7.41. The van der Waals surface area contributed by atoms with E-state index in [0.717, 1.165) is 28.7 Å². The summed E-state index contributed by atoms with van der Waals surface area (Å²) in [4.78, 5) is 11.6. The number of carbonyl (C=O) groups excluding carboxylic acids is 1. The lowest BCUT2D eigenvalue weighted by Crippen LogP contribution is -2.21. The second-order valence-corrected chi connectivity index (χ2v) is 8.57. The van der Waals surface area contributed by atoms with Gasteiger partial charge in [0, 0.05) is 11.1 Å². The molecular formula is C30H26O2. The molecule has 0 bridgehead atoms. The molecule has 0 saturated carbocycles. The highest BCUT2D eigenvalue weighted by molar-refractivity contribution is 5.90. The highest BCUT2D eigenvalue weighted by Crippen LogP contribution is 2.39. The van der Waals surface area contributed by atoms with Crippen LogP contribution in [0.3, 0.4) is 0 Å². The van der Waals surface area contributed by atoms with E-state index in [0.29, 0.717) is 5.56 Å². The van der Waals surface area contributed by atoms with Gasteiger partial charge in [0.1, 0.15) is 0 Å². The Kier molecular flexibility index (Phi) is 6.10. The van der Waals surface area contributed by atoms with Gasteiger partial charge in [-0.25, -0.2) is 4.79 Å². The number of rotatable bonds is 3. The Bertz CT molecular complexity index is 1250. The van der Waals surface area contributed by atoms with Crippen LogP contribution in [0.15, 0.2) is 78.9 Å². The second kappa shape index (κ2) is 9.12. The maximum atomic E-state index is 11.6. The molecule has 32 heavy (non-hydrogen) atoms. The number of hydrogen-bond donors (Lipinski definition) is 0. The first-order valence-electron chi connectivity index (χ1n) is 10.7. The summed E-state index contributed by atoms with van der Waals surface area (Å²) in [6, 6.07) is 24.1. The van der Waals surface area contributed by atoms with Crippen LogP contribution in [0.1, 0.15) is 58.4 Å². The van der Waals surface area contributed by atoms with E-state index in [2.05, 4.69) is 62.1 Å². The van der Waals surface area contributed by atoms with Crippen molar-refractivity contribution in [1.82, 2.24) is 0 Å². The molecule has 158 valence electrons. The predicted molar refractivity (Wildman–Crippen MR) is 132 cm³/mol. The Morgan fingerprint density at radius 3 is 2.31 bits per heavy atom. The molecule has 0 radical (unpaired) electrons. The van der Waals surface area contributed by atoms with Crippen LogP contribution in [0.4, 0.5) is 0 Å². The Balaban J connectivity index is 1.63. The monoisotopic (exact) mass is 418 g/mol. The van der Waals surface area contributed by atoms with Crippen molar-refractivity contribution in [1.29, 1.82) is 0 Å². The maximum Gasteiger partial charge on any atom is 0.337 e. The lowest BCUT2D eigenvalue weighted by molar-refractivity contribution is 0.0600. The fourth-order valence-corrected chi connectivity index (χ4v) is 3.88. The van der Waals surface area contributed by atoms with E-state index in [4.69, 9.17) is 4.74 Å². The molecule has 2 nitrogen and oxygen atoms in total. The molecule has 0 spiro atoms. The van der Waals surface area contributed by atoms with E-state index >= 15 is 0 Å². The molecule has 0 aromatic heterocycles. The zero-order chi connectivity index (χ0) is 22.6. The smallest absolute Gasteiger partial charge is 0.337 e. The fourth-order valence-electron chi connectivity index (χ4n) is 3.88. The minimum absolute atomic E-state index is 0.0826. The van der Waals surface area contributed by atoms with Gasteiger partial charge in [0.15, 0.2) is 0 Å². The molecule has 0 unspecified atom stereocenters. The predicted octanol–water partition coefficient (Wildman–Crippen LogP) is 6.76. The van der Waals surface area contributed by atoms with E-state index in [1.807, 2.05) is 42.5 Å². The average molecular weight is 419 g/mol. The largest absolute Gasteiger partial charge is 0.465 e. The van der Waals surface area contributed by atoms with Crippen LogP contribution in [-0.4, -0.2) is 13.1 Å². The van der Waals surface area contributed by atoms with Crippen molar-refractivity contribution in [2.75, 3.05) is 7.11 Å². The maximum absolute atomic E-state index is 11.6. The van der Waals surface area contributed by atoms with Gasteiger partial charge in [0.25, 0.3) is 0 Å². The van der Waals surface area contributed by atoms with Gasteiger partial charge in [0.2, 0.25) is 0 Å². The molecule has 3 aromatic rings. The molecule has 2 heteroatoms. The van der Waals surface area contributed by atoms with Crippen LogP contribution in [0.5, 0.6) is 0 Å². The number of esters is 1. The molecule has 0 atom stereocenters. The Morgan fingerprint density at radius 2 is 1.59 bits per heavy atom. The summed E-state index contributed by atoms with van der Waals surface area (Å²) >= 11 is 0. The van der Waals surface area contributed by atoms with Crippen molar-refractivity contribution in [2.45, 2.75) is 25.7 Å². The van der Waals surface area contributed by atoms with Crippen molar-refractivity contribution in [3.05, 3.63) is 112 Å². The minimum Gasteiger partial charge on any atom is -0.465 e. The molecule has 0 fully saturated rings. The quantitative estimate of drug-likeness (QED) is 0.267. The number of ether oxygens (including phenoxy) is 1. The molecule has 1 aliphatic rings. The highest BCUT2D eigenvalue weighted by Gasteiger charge is 2.27. The van der Waals surface area contributed by atoms with Gasteiger partial charge in [-0.1, -0.05) is 86.4 Å². The van der Waals surface area contributed by atoms with E-state index in [1.165, 1.54) is 18.2 Å². The van der Waals surface area contributed by atoms with Crippen molar-refractivity contribution in [3.8, 4) is 11.8 Å². The minimum atomic E-state index is -0.325. The van der Waals surface area contributed by atoms with Crippen LogP contribution in [-0.2, 0) is 10.2 Å². The van der Waals surface area contributed by atoms with Gasteiger partial charge < -0.3 is 4.74 Å². The summed E-state index contributed by atoms with van der Waals surface area (Å²) < 4.78 is 4.76. The number of allylic oxidation sites excluding steroid dienone is 2. The second-order valence-electron chi connectivity index (χ2n) is 8.57. The van der Waals surface area contributed by atoms with Gasteiger partial charge in [-0.3, -0.25) is 0 Å². The van der Waals surface area contributed by atoms with Crippen molar-refractivity contribution >= 4 is 23.7 Å². The van der Waals surface area contributed by atoms with Crippen molar-refractivity contribution < 1.29 is 9.53 Å². The summed E-state index contributed by atoms with van der Waals surface area (Å²) in [7, 11) is 1.39. The van der Waals surface area contributed by atoms with E-state index < -0.39 is 0 Å². The summed E-state index contributed by atoms with van der Waals surface area (Å²) in [6.45, 7) is 4.56. The van der Waals surface area contributed by atoms with Crippen LogP contribution in [0, 0.1) is 11.8 Å². The van der Waals surface area contributed by atoms with Crippen LogP contribution >= 0.6 is 0 Å². The van der Waals surface area contributed by atoms with E-state index in [9.17, 15) is 4.79 Å². The molecular weight excluding hydrogens is 392 g/mol. The van der Waals surface area contributed by atoms with Crippen LogP contribution < -0.4 is 0 Å². The van der Waals surface area contributed by atoms with E-state index in [-0.39, 0.29) is 11.4 Å². The molecule has 0 aliphatic heterocycles. The molecule has 3 aromatic carbocycles. The number of fused-ring (bicyclic) bond motifs is 1. The third-order valence-electron chi connectivity index (χ3n) is 5.79. The van der Waals surface area contributed by atoms with Gasteiger partial charge >= 0.3 is 5.97 Å². The van der Waals surface area contributed by atoms with Gasteiger partial charge in [-0.05, 0) is 64.4 Å². The molecule has 0 amide bonds. The first kappa shape index (κ1) is 21.4. The number of benzene rings is 3. The van der Waals surface area contributed by atoms with Gasteiger partial charge in [-0.15, -0.1) is 0 Å². The van der Waals surface area contributed by atoms with E-state index in [1.54, 1.807) is 12.1 Å². The third kappa shape index (κ3) is 4.74. The molecule has 1 aliphatic carbocycles. The third-order valence-corrected chi connectivity index (χ3v) is 5.79. The van der Waals surface area contributed by atoms with Gasteiger partial charge in [0.05, 0.1) is 12.7 Å². The first-order valence-corrected chi connectivity index (χ1v) is 10.7. The van der Waals surface area contributed by atoms with Crippen LogP contribution in [0.2, 0.25) is 0 Å². The topological polar surface area (TPSA) is 26.3 Å². The first-order chi connectivity index (χ1) is 15.5. The standard InChI is InChI=1S/C30H26O2/c1-30(2)20-19-25(15-11-22-7-5-4-6-8-22)27-21-24(14-18-28(27)30)10-9-23-12-16-26(17-13-23)29(31)32-3/h4-10,12-14,16-19,21H,20H2,1-3H3/b10-9+. The zero-order valence-corrected chi connectivity index (χ0v) is 18.7. The lowest BCUT2D eigenvalue weighted by Gasteiger charge is -2.31. The molecule has 0 saturated heterocycles. The normalized spacial score (nSPS) is 14.2. The summed E-state index contributed by atoms with van der Waals surface area (Å²) in [5.74, 6) is 6.38. The Hall–Kier alpha value is -3.83. The average Bonchev–Trinajstić information content (AvgIpc) is 2.82. The van der Waals surface area contributed by atoms with Crippen molar-refractivity contribution in [2.24, 2.45) is 0 Å². The highest BCUT2D eigenvalue weighted by atomic mass is 16.5. The number of carbonyl (C=O) groups is 1. The SMILES string of the molecule is COC(=O)c1ccc(/C=C/c2ccc3c(c2)C(C#Cc2ccccc2)=CCC3(C)C)cc1. The summed E-state index contributed by atoms with van der Waals surface area (Å²) in [6.07, 6.45) is 7.38. The molecule has 4 rings (SSSR count). The Labute approximate surface area is 190 Å². The van der Waals surface area contributed by atoms with Gasteiger partial charge in [-0.2, -0.15) is 0 Å². The number of hydrogen-bond acceptors (Lipinski definition) is 2. The van der Waals surface area contributed by atoms with Crippen molar-refractivity contribution in [3.63, 3.8) is 0 Å². The van der Waals surface area contributed by atoms with Crippen LogP contribution in [0.25, 0.3) is 17.7 Å². The molecule has 0 heterocycles. The number of methoxy groups -OCH3 is 1. The summed E-state index contributed by atoms with van der Waals surface area (Å²) in [5, 5.41) is 0.